The minimum atomic E-state index is -0.0953. The number of carbonyl (C=O) groups excluding carboxylic acids is 1. The Balaban J connectivity index is 1.44. The lowest BCUT2D eigenvalue weighted by atomic mass is 9.95. The van der Waals surface area contributed by atoms with E-state index in [2.05, 4.69) is 42.7 Å². The van der Waals surface area contributed by atoms with Gasteiger partial charge in [-0.15, -0.1) is 0 Å². The highest BCUT2D eigenvalue weighted by molar-refractivity contribution is 5.90. The molecular weight excluding hydrogens is 428 g/mol. The van der Waals surface area contributed by atoms with Crippen molar-refractivity contribution < 1.29 is 14.6 Å². The van der Waals surface area contributed by atoms with E-state index in [-0.39, 0.29) is 24.1 Å². The maximum Gasteiger partial charge on any atom is 0.321 e. The van der Waals surface area contributed by atoms with Crippen molar-refractivity contribution in [2.24, 2.45) is 11.8 Å². The second-order valence-corrected chi connectivity index (χ2v) is 10.4. The van der Waals surface area contributed by atoms with Gasteiger partial charge in [-0.3, -0.25) is 0 Å². The van der Waals surface area contributed by atoms with Gasteiger partial charge in [-0.05, 0) is 79.5 Å². The number of aliphatic hydroxyl groups excluding tert-OH is 1. The van der Waals surface area contributed by atoms with Crippen molar-refractivity contribution in [2.45, 2.75) is 51.5 Å². The summed E-state index contributed by atoms with van der Waals surface area (Å²) in [4.78, 5) is 19.7. The van der Waals surface area contributed by atoms with Gasteiger partial charge >= 0.3 is 6.03 Å². The van der Waals surface area contributed by atoms with Crippen molar-refractivity contribution in [3.8, 4) is 11.1 Å². The number of ether oxygens (including phenoxy) is 1. The van der Waals surface area contributed by atoms with Crippen LogP contribution in [0.3, 0.4) is 0 Å². The van der Waals surface area contributed by atoms with Gasteiger partial charge in [-0.1, -0.05) is 19.4 Å². The SMILES string of the molecule is CC[C@@H]1CCN(C(=O)Nc2ccc(C)c(-c3cc(N[C@H](C)CO)nc(C45COC[C@H]4C5)c3)c2)C1. The first kappa shape index (κ1) is 23.1. The number of aryl methyl sites for hydroxylation is 1. The molecule has 1 aromatic carbocycles. The summed E-state index contributed by atoms with van der Waals surface area (Å²) in [6.07, 6.45) is 3.31. The number of aliphatic hydroxyl groups is 1. The number of likely N-dealkylation sites (tertiary alicyclic amines) is 1. The van der Waals surface area contributed by atoms with Crippen LogP contribution in [0.2, 0.25) is 0 Å². The number of anilines is 2. The molecule has 2 aromatic rings. The molecule has 1 saturated carbocycles. The molecule has 3 fully saturated rings. The van der Waals surface area contributed by atoms with Crippen LogP contribution < -0.4 is 10.6 Å². The van der Waals surface area contributed by atoms with E-state index in [1.54, 1.807) is 0 Å². The minimum absolute atomic E-state index is 0.0141. The summed E-state index contributed by atoms with van der Waals surface area (Å²) in [5.74, 6) is 1.90. The second-order valence-electron chi connectivity index (χ2n) is 10.4. The number of aromatic nitrogens is 1. The summed E-state index contributed by atoms with van der Waals surface area (Å²) in [5.41, 5.74) is 5.13. The van der Waals surface area contributed by atoms with E-state index in [0.717, 1.165) is 72.8 Å². The van der Waals surface area contributed by atoms with E-state index in [0.29, 0.717) is 18.4 Å². The van der Waals surface area contributed by atoms with E-state index in [9.17, 15) is 9.90 Å². The monoisotopic (exact) mass is 464 g/mol. The lowest BCUT2D eigenvalue weighted by Crippen LogP contribution is -2.32. The normalized spacial score (nSPS) is 26.3. The number of amides is 2. The number of rotatable bonds is 7. The molecule has 7 nitrogen and oxygen atoms in total. The third-order valence-corrected chi connectivity index (χ3v) is 7.86. The van der Waals surface area contributed by atoms with Crippen LogP contribution in [0.4, 0.5) is 16.3 Å². The van der Waals surface area contributed by atoms with Gasteiger partial charge in [0.15, 0.2) is 0 Å². The molecular formula is C27H36N4O3. The Hall–Kier alpha value is -2.64. The highest BCUT2D eigenvalue weighted by Gasteiger charge is 2.60. The molecule has 4 atom stereocenters. The van der Waals surface area contributed by atoms with Gasteiger partial charge in [0, 0.05) is 30.2 Å². The maximum atomic E-state index is 12.9. The highest BCUT2D eigenvalue weighted by Crippen LogP contribution is 2.58. The molecule has 2 amide bonds. The van der Waals surface area contributed by atoms with Crippen molar-refractivity contribution in [1.82, 2.24) is 9.88 Å². The standard InChI is InChI=1S/C27H36N4O3/c1-4-19-7-8-31(13-19)26(33)29-22-6-5-17(2)23(11-22)20-9-24(27-12-21(27)15-34-16-27)30-25(10-20)28-18(3)14-32/h5-6,9-11,18-19,21,32H,4,7-8,12-16H2,1-3H3,(H,28,30)(H,29,33)/t18-,19-,21-,27?/m1/s1. The molecule has 34 heavy (non-hydrogen) atoms. The fourth-order valence-electron chi connectivity index (χ4n) is 5.42. The first-order chi connectivity index (χ1) is 16.4. The molecule has 3 heterocycles. The number of hydrogen-bond donors (Lipinski definition) is 3. The van der Waals surface area contributed by atoms with Gasteiger partial charge in [0.05, 0.1) is 25.5 Å². The van der Waals surface area contributed by atoms with Crippen LogP contribution in [-0.4, -0.2) is 60.0 Å². The van der Waals surface area contributed by atoms with Gasteiger partial charge in [-0.25, -0.2) is 9.78 Å². The molecule has 2 aliphatic heterocycles. The largest absolute Gasteiger partial charge is 0.394 e. The van der Waals surface area contributed by atoms with Crippen LogP contribution in [0, 0.1) is 18.8 Å². The summed E-state index contributed by atoms with van der Waals surface area (Å²) in [7, 11) is 0. The van der Waals surface area contributed by atoms with Gasteiger partial charge in [-0.2, -0.15) is 0 Å². The number of fused-ring (bicyclic) bond motifs is 1. The summed E-state index contributed by atoms with van der Waals surface area (Å²) in [6, 6.07) is 10.2. The molecule has 3 N–H and O–H groups in total. The van der Waals surface area contributed by atoms with Crippen LogP contribution in [0.5, 0.6) is 0 Å². The molecule has 3 aliphatic rings. The average molecular weight is 465 g/mol. The number of urea groups is 1. The molecule has 1 aliphatic carbocycles. The van der Waals surface area contributed by atoms with E-state index < -0.39 is 0 Å². The van der Waals surface area contributed by atoms with Crippen molar-refractivity contribution >= 4 is 17.5 Å². The molecule has 1 aromatic heterocycles. The fourth-order valence-corrected chi connectivity index (χ4v) is 5.42. The van der Waals surface area contributed by atoms with Gasteiger partial charge in [0.25, 0.3) is 0 Å². The number of nitrogens with one attached hydrogen (secondary N) is 2. The van der Waals surface area contributed by atoms with Crippen LogP contribution >= 0.6 is 0 Å². The summed E-state index contributed by atoms with van der Waals surface area (Å²) in [5, 5.41) is 16.0. The number of hydrogen-bond acceptors (Lipinski definition) is 5. The van der Waals surface area contributed by atoms with E-state index in [1.165, 1.54) is 0 Å². The Morgan fingerprint density at radius 1 is 1.35 bits per heavy atom. The number of benzene rings is 1. The first-order valence-corrected chi connectivity index (χ1v) is 12.6. The second kappa shape index (κ2) is 9.19. The van der Waals surface area contributed by atoms with Gasteiger partial charge in [0.1, 0.15) is 5.82 Å². The lowest BCUT2D eigenvalue weighted by molar-refractivity contribution is 0.159. The third-order valence-electron chi connectivity index (χ3n) is 7.86. The lowest BCUT2D eigenvalue weighted by Gasteiger charge is -2.20. The zero-order valence-electron chi connectivity index (χ0n) is 20.4. The summed E-state index contributed by atoms with van der Waals surface area (Å²) >= 11 is 0. The maximum absolute atomic E-state index is 12.9. The van der Waals surface area contributed by atoms with E-state index in [4.69, 9.17) is 9.72 Å². The number of carbonyl (C=O) groups is 1. The Labute approximate surface area is 201 Å². The van der Waals surface area contributed by atoms with Crippen LogP contribution in [0.25, 0.3) is 11.1 Å². The Bertz CT molecular complexity index is 1070. The molecule has 5 rings (SSSR count). The molecule has 0 spiro atoms. The summed E-state index contributed by atoms with van der Waals surface area (Å²) in [6.45, 7) is 9.42. The molecule has 0 radical (unpaired) electrons. The fraction of sp³-hybridized carbons (Fsp3) is 0.556. The smallest absolute Gasteiger partial charge is 0.321 e. The predicted molar refractivity (Wildman–Crippen MR) is 134 cm³/mol. The molecule has 1 unspecified atom stereocenters. The van der Waals surface area contributed by atoms with Gasteiger partial charge < -0.3 is 25.4 Å². The topological polar surface area (TPSA) is 86.7 Å². The molecule has 0 bridgehead atoms. The van der Waals surface area contributed by atoms with Crippen LogP contribution in [0.1, 0.15) is 44.4 Å². The molecule has 2 saturated heterocycles. The minimum Gasteiger partial charge on any atom is -0.394 e. The van der Waals surface area contributed by atoms with E-state index >= 15 is 0 Å². The molecule has 182 valence electrons. The van der Waals surface area contributed by atoms with Crippen molar-refractivity contribution in [2.75, 3.05) is 43.5 Å². The van der Waals surface area contributed by atoms with E-state index in [1.807, 2.05) is 24.0 Å². The first-order valence-electron chi connectivity index (χ1n) is 12.6. The highest BCUT2D eigenvalue weighted by atomic mass is 16.5. The third kappa shape index (κ3) is 4.39. The quantitative estimate of drug-likeness (QED) is 0.565. The van der Waals surface area contributed by atoms with Crippen molar-refractivity contribution in [1.29, 1.82) is 0 Å². The molecule has 7 heteroatoms. The Kier molecular flexibility index (Phi) is 6.25. The zero-order chi connectivity index (χ0) is 23.9. The van der Waals surface area contributed by atoms with Crippen molar-refractivity contribution in [3.05, 3.63) is 41.6 Å². The number of pyridine rings is 1. The summed E-state index contributed by atoms with van der Waals surface area (Å²) < 4.78 is 5.75. The van der Waals surface area contributed by atoms with Gasteiger partial charge in [0.2, 0.25) is 0 Å². The average Bonchev–Trinajstić information content (AvgIpc) is 3.17. The van der Waals surface area contributed by atoms with Crippen LogP contribution in [-0.2, 0) is 10.2 Å². The Morgan fingerprint density at radius 3 is 2.88 bits per heavy atom. The predicted octanol–water partition coefficient (Wildman–Crippen LogP) is 4.40. The Morgan fingerprint density at radius 2 is 2.21 bits per heavy atom. The van der Waals surface area contributed by atoms with Crippen LogP contribution in [0.15, 0.2) is 30.3 Å². The zero-order valence-corrected chi connectivity index (χ0v) is 20.4. The van der Waals surface area contributed by atoms with Crippen molar-refractivity contribution in [3.63, 3.8) is 0 Å². The number of nitrogens with zero attached hydrogens (tertiary/aromatic N) is 2.